The second-order valence-corrected chi connectivity index (χ2v) is 8.88. The van der Waals surface area contributed by atoms with Crippen LogP contribution in [0.5, 0.6) is 0 Å². The molecule has 1 saturated carbocycles. The maximum atomic E-state index is 13.3. The monoisotopic (exact) mass is 405 g/mol. The summed E-state index contributed by atoms with van der Waals surface area (Å²) in [5.74, 6) is 0.877. The lowest BCUT2D eigenvalue weighted by Gasteiger charge is -2.41. The van der Waals surface area contributed by atoms with E-state index in [2.05, 4.69) is 39.8 Å². The van der Waals surface area contributed by atoms with Crippen LogP contribution in [0.2, 0.25) is 0 Å². The summed E-state index contributed by atoms with van der Waals surface area (Å²) >= 11 is 0. The van der Waals surface area contributed by atoms with Gasteiger partial charge in [0.2, 0.25) is 0 Å². The van der Waals surface area contributed by atoms with E-state index >= 15 is 0 Å². The molecule has 3 aliphatic rings. The van der Waals surface area contributed by atoms with Crippen LogP contribution >= 0.6 is 0 Å². The third-order valence-corrected chi connectivity index (χ3v) is 6.64. The van der Waals surface area contributed by atoms with Crippen molar-refractivity contribution in [1.29, 1.82) is 0 Å². The Morgan fingerprint density at radius 1 is 1.17 bits per heavy atom. The number of nitrogens with one attached hydrogen (secondary N) is 2. The number of allylic oxidation sites excluding steroid dienone is 3. The van der Waals surface area contributed by atoms with E-state index in [9.17, 15) is 13.2 Å². The van der Waals surface area contributed by atoms with Gasteiger partial charge in [0.1, 0.15) is 0 Å². The van der Waals surface area contributed by atoms with Crippen LogP contribution in [0.25, 0.3) is 0 Å². The van der Waals surface area contributed by atoms with Crippen LogP contribution in [0.4, 0.5) is 18.9 Å². The van der Waals surface area contributed by atoms with Crippen molar-refractivity contribution in [2.24, 2.45) is 11.8 Å². The number of fused-ring (bicyclic) bond motifs is 3. The summed E-state index contributed by atoms with van der Waals surface area (Å²) in [6.45, 7) is 1.86. The van der Waals surface area contributed by atoms with Crippen molar-refractivity contribution in [3.63, 3.8) is 0 Å². The highest BCUT2D eigenvalue weighted by Crippen LogP contribution is 2.51. The largest absolute Gasteiger partial charge is 0.416 e. The molecule has 4 rings (SSSR count). The molecule has 158 valence electrons. The smallest absolute Gasteiger partial charge is 0.381 e. The third kappa shape index (κ3) is 4.38. The van der Waals surface area contributed by atoms with Crippen molar-refractivity contribution in [1.82, 2.24) is 10.2 Å². The Kier molecular flexibility index (Phi) is 5.76. The molecule has 5 atom stereocenters. The molecule has 1 aromatic rings. The topological polar surface area (TPSA) is 27.3 Å². The molecule has 1 aromatic carbocycles. The van der Waals surface area contributed by atoms with Gasteiger partial charge < -0.3 is 15.5 Å². The minimum absolute atomic E-state index is 0.162. The molecule has 1 fully saturated rings. The lowest BCUT2D eigenvalue weighted by atomic mass is 9.73. The molecule has 0 aromatic heterocycles. The van der Waals surface area contributed by atoms with E-state index in [4.69, 9.17) is 0 Å². The Morgan fingerprint density at radius 3 is 2.69 bits per heavy atom. The summed E-state index contributed by atoms with van der Waals surface area (Å²) in [7, 11) is 4.10. The molecule has 0 radical (unpaired) electrons. The van der Waals surface area contributed by atoms with Crippen LogP contribution in [0, 0.1) is 11.8 Å². The van der Waals surface area contributed by atoms with E-state index < -0.39 is 11.7 Å². The van der Waals surface area contributed by atoms with Crippen LogP contribution in [-0.2, 0) is 6.18 Å². The molecule has 1 heterocycles. The first-order valence-electron chi connectivity index (χ1n) is 10.5. The average Bonchev–Trinajstić information content (AvgIpc) is 3.11. The first kappa shape index (κ1) is 20.5. The van der Waals surface area contributed by atoms with Crippen molar-refractivity contribution in [2.75, 3.05) is 32.5 Å². The molecule has 29 heavy (non-hydrogen) atoms. The molecule has 6 heteroatoms. The summed E-state index contributed by atoms with van der Waals surface area (Å²) in [5, 5.41) is 7.27. The van der Waals surface area contributed by atoms with Crippen molar-refractivity contribution >= 4 is 5.69 Å². The minimum Gasteiger partial charge on any atom is -0.381 e. The molecule has 0 spiro atoms. The normalized spacial score (nSPS) is 30.9. The van der Waals surface area contributed by atoms with Crippen LogP contribution < -0.4 is 10.6 Å². The number of rotatable bonds is 5. The number of benzene rings is 1. The fourth-order valence-electron chi connectivity index (χ4n) is 5.24. The van der Waals surface area contributed by atoms with Gasteiger partial charge >= 0.3 is 6.18 Å². The number of anilines is 1. The van der Waals surface area contributed by atoms with E-state index in [1.165, 1.54) is 12.1 Å². The van der Waals surface area contributed by atoms with E-state index in [-0.39, 0.29) is 12.0 Å². The lowest BCUT2D eigenvalue weighted by molar-refractivity contribution is -0.137. The molecule has 1 unspecified atom stereocenters. The van der Waals surface area contributed by atoms with Gasteiger partial charge in [0.15, 0.2) is 0 Å². The summed E-state index contributed by atoms with van der Waals surface area (Å²) in [6, 6.07) is 4.83. The number of halogens is 3. The molecular formula is C23H30F3N3. The van der Waals surface area contributed by atoms with E-state index in [1.54, 1.807) is 6.07 Å². The van der Waals surface area contributed by atoms with Gasteiger partial charge in [0, 0.05) is 36.8 Å². The van der Waals surface area contributed by atoms with Crippen LogP contribution in [0.1, 0.15) is 36.3 Å². The molecule has 3 nitrogen and oxygen atoms in total. The molecular weight excluding hydrogens is 375 g/mol. The summed E-state index contributed by atoms with van der Waals surface area (Å²) in [6.07, 6.45) is 7.17. The van der Waals surface area contributed by atoms with Gasteiger partial charge in [0.25, 0.3) is 0 Å². The highest BCUT2D eigenvalue weighted by Gasteiger charge is 2.46. The second-order valence-electron chi connectivity index (χ2n) is 8.88. The number of nitrogens with zero attached hydrogens (tertiary/aromatic N) is 1. The van der Waals surface area contributed by atoms with Gasteiger partial charge in [-0.1, -0.05) is 24.3 Å². The second kappa shape index (κ2) is 8.15. The molecule has 2 aliphatic carbocycles. The Hall–Kier alpha value is -1.79. The number of likely N-dealkylation sites (N-methyl/N-ethyl adjacent to an activating group) is 1. The standard InChI is InChI=1S/C23H30F3N3/c1-29(2)11-10-27-17-13-18-19-12-16(23(24,25)26)8-9-21(19)28-22(20(18)14-17)15-6-4-3-5-7-15/h3-6,8-9,12,15,17-18,20,22,27-28H,7,10-11,13-14H2,1-2H3/t15?,17-,18+,20+,22-/m0/s1. The fraction of sp³-hybridized carbons (Fsp3) is 0.565. The first-order valence-corrected chi connectivity index (χ1v) is 10.5. The molecule has 2 N–H and O–H groups in total. The van der Waals surface area contributed by atoms with Crippen molar-refractivity contribution < 1.29 is 13.2 Å². The molecule has 0 amide bonds. The summed E-state index contributed by atoms with van der Waals surface area (Å²) in [5.41, 5.74) is 1.18. The van der Waals surface area contributed by atoms with Gasteiger partial charge in [-0.15, -0.1) is 0 Å². The predicted molar refractivity (Wildman–Crippen MR) is 111 cm³/mol. The molecule has 0 bridgehead atoms. The van der Waals surface area contributed by atoms with Crippen LogP contribution in [0.15, 0.2) is 42.5 Å². The quantitative estimate of drug-likeness (QED) is 0.747. The van der Waals surface area contributed by atoms with Crippen molar-refractivity contribution in [2.45, 2.75) is 43.4 Å². The Labute approximate surface area is 171 Å². The van der Waals surface area contributed by atoms with E-state index in [1.807, 2.05) is 14.1 Å². The van der Waals surface area contributed by atoms with Gasteiger partial charge in [-0.3, -0.25) is 0 Å². The summed E-state index contributed by atoms with van der Waals surface area (Å²) < 4.78 is 40.0. The minimum atomic E-state index is -4.31. The SMILES string of the molecule is CN(C)CCN[C@@H]1C[C@@H]2[C@H](C1)c1cc(C(F)(F)F)ccc1N[C@H]2C1C=CC=CC1. The Balaban J connectivity index is 1.61. The zero-order chi connectivity index (χ0) is 20.6. The van der Waals surface area contributed by atoms with Gasteiger partial charge in [-0.05, 0) is 69.0 Å². The Bertz CT molecular complexity index is 784. The number of alkyl halides is 3. The lowest BCUT2D eigenvalue weighted by Crippen LogP contribution is -2.41. The zero-order valence-corrected chi connectivity index (χ0v) is 17.0. The maximum absolute atomic E-state index is 13.3. The highest BCUT2D eigenvalue weighted by molar-refractivity contribution is 5.59. The number of hydrogen-bond donors (Lipinski definition) is 2. The Morgan fingerprint density at radius 2 is 2.00 bits per heavy atom. The first-order chi connectivity index (χ1) is 13.8. The van der Waals surface area contributed by atoms with Crippen molar-refractivity contribution in [3.8, 4) is 0 Å². The number of hydrogen-bond acceptors (Lipinski definition) is 3. The van der Waals surface area contributed by atoms with Gasteiger partial charge in [-0.25, -0.2) is 0 Å². The fourth-order valence-corrected chi connectivity index (χ4v) is 5.24. The average molecular weight is 406 g/mol. The summed E-state index contributed by atoms with van der Waals surface area (Å²) in [4.78, 5) is 2.14. The molecule has 0 saturated heterocycles. The van der Waals surface area contributed by atoms with Gasteiger partial charge in [0.05, 0.1) is 5.56 Å². The third-order valence-electron chi connectivity index (χ3n) is 6.64. The van der Waals surface area contributed by atoms with E-state index in [0.717, 1.165) is 43.6 Å². The van der Waals surface area contributed by atoms with Crippen molar-refractivity contribution in [3.05, 3.63) is 53.6 Å². The zero-order valence-electron chi connectivity index (χ0n) is 17.0. The highest BCUT2D eigenvalue weighted by atomic mass is 19.4. The predicted octanol–water partition coefficient (Wildman–Crippen LogP) is 4.65. The maximum Gasteiger partial charge on any atom is 0.416 e. The van der Waals surface area contributed by atoms with Crippen LogP contribution in [0.3, 0.4) is 0 Å². The van der Waals surface area contributed by atoms with Crippen LogP contribution in [-0.4, -0.2) is 44.2 Å². The molecule has 1 aliphatic heterocycles. The van der Waals surface area contributed by atoms with Gasteiger partial charge in [-0.2, -0.15) is 13.2 Å². The van der Waals surface area contributed by atoms with E-state index in [0.29, 0.717) is 17.9 Å².